The Bertz CT molecular complexity index is 996. The maximum atomic E-state index is 13.2. The highest BCUT2D eigenvalue weighted by atomic mass is 19.1. The van der Waals surface area contributed by atoms with E-state index in [4.69, 9.17) is 0 Å². The van der Waals surface area contributed by atoms with Crippen molar-refractivity contribution in [1.82, 2.24) is 25.1 Å². The van der Waals surface area contributed by atoms with Gasteiger partial charge < -0.3 is 9.88 Å². The minimum Gasteiger partial charge on any atom is -0.347 e. The van der Waals surface area contributed by atoms with Crippen molar-refractivity contribution in [3.63, 3.8) is 0 Å². The number of pyridine rings is 1. The zero-order chi connectivity index (χ0) is 19.0. The molecule has 138 valence electrons. The van der Waals surface area contributed by atoms with Gasteiger partial charge >= 0.3 is 0 Å². The van der Waals surface area contributed by atoms with Crippen LogP contribution in [-0.4, -0.2) is 31.7 Å². The average molecular weight is 365 g/mol. The number of fused-ring (bicyclic) bond motifs is 1. The van der Waals surface area contributed by atoms with E-state index in [1.54, 1.807) is 12.1 Å². The molecule has 3 heterocycles. The first-order valence-corrected chi connectivity index (χ1v) is 8.94. The maximum absolute atomic E-state index is 13.2. The molecule has 0 unspecified atom stereocenters. The van der Waals surface area contributed by atoms with Crippen molar-refractivity contribution >= 4 is 5.91 Å². The lowest BCUT2D eigenvalue weighted by atomic mass is 10.1. The minimum atomic E-state index is -0.288. The molecule has 1 aliphatic heterocycles. The number of carbonyl (C=O) groups excluding carboxylic acids is 1. The molecule has 0 aliphatic carbocycles. The van der Waals surface area contributed by atoms with Crippen molar-refractivity contribution in [3.05, 3.63) is 65.0 Å². The van der Waals surface area contributed by atoms with Crippen molar-refractivity contribution in [2.24, 2.45) is 0 Å². The zero-order valence-corrected chi connectivity index (χ0v) is 15.2. The van der Waals surface area contributed by atoms with Gasteiger partial charge in [-0.15, -0.1) is 10.2 Å². The molecule has 27 heavy (non-hydrogen) atoms. The third-order valence-electron chi connectivity index (χ3n) is 4.85. The molecule has 6 nitrogen and oxygen atoms in total. The number of rotatable bonds is 3. The molecular formula is C20H20FN5O. The van der Waals surface area contributed by atoms with E-state index in [0.29, 0.717) is 17.9 Å². The van der Waals surface area contributed by atoms with Crippen LogP contribution in [-0.2, 0) is 13.0 Å². The lowest BCUT2D eigenvalue weighted by Gasteiger charge is -2.25. The van der Waals surface area contributed by atoms with Gasteiger partial charge in [0.05, 0.1) is 11.3 Å². The normalized spacial score (nSPS) is 16.0. The van der Waals surface area contributed by atoms with Crippen LogP contribution in [0.5, 0.6) is 0 Å². The Balaban J connectivity index is 1.53. The van der Waals surface area contributed by atoms with Crippen molar-refractivity contribution in [3.8, 4) is 11.4 Å². The number of benzene rings is 1. The average Bonchev–Trinajstić information content (AvgIpc) is 3.05. The van der Waals surface area contributed by atoms with Crippen LogP contribution < -0.4 is 5.32 Å². The molecule has 1 aromatic carbocycles. The van der Waals surface area contributed by atoms with Crippen LogP contribution in [0.4, 0.5) is 4.39 Å². The molecule has 1 aliphatic rings. The van der Waals surface area contributed by atoms with Gasteiger partial charge in [-0.05, 0) is 56.7 Å². The topological polar surface area (TPSA) is 72.7 Å². The van der Waals surface area contributed by atoms with E-state index in [1.807, 2.05) is 30.5 Å². The molecule has 2 aromatic heterocycles. The molecule has 1 atom stereocenters. The van der Waals surface area contributed by atoms with E-state index >= 15 is 0 Å². The molecule has 0 radical (unpaired) electrons. The number of amides is 1. The highest BCUT2D eigenvalue weighted by molar-refractivity contribution is 5.95. The molecule has 7 heteroatoms. The highest BCUT2D eigenvalue weighted by Gasteiger charge is 2.25. The van der Waals surface area contributed by atoms with Crippen molar-refractivity contribution in [1.29, 1.82) is 0 Å². The molecule has 0 saturated carbocycles. The van der Waals surface area contributed by atoms with Crippen LogP contribution in [0.1, 0.15) is 34.0 Å². The minimum absolute atomic E-state index is 0.0269. The van der Waals surface area contributed by atoms with Crippen LogP contribution in [0.25, 0.3) is 11.4 Å². The Labute approximate surface area is 156 Å². The van der Waals surface area contributed by atoms with Crippen molar-refractivity contribution in [2.45, 2.75) is 39.3 Å². The van der Waals surface area contributed by atoms with E-state index in [-0.39, 0.29) is 17.8 Å². The second-order valence-corrected chi connectivity index (χ2v) is 6.85. The first-order chi connectivity index (χ1) is 13.0. The first-order valence-electron chi connectivity index (χ1n) is 8.94. The fourth-order valence-corrected chi connectivity index (χ4v) is 3.45. The van der Waals surface area contributed by atoms with Gasteiger partial charge in [-0.1, -0.05) is 0 Å². The van der Waals surface area contributed by atoms with Gasteiger partial charge in [-0.2, -0.15) is 0 Å². The second kappa shape index (κ2) is 6.90. The van der Waals surface area contributed by atoms with Gasteiger partial charge in [0.25, 0.3) is 5.91 Å². The molecule has 1 N–H and O–H groups in total. The van der Waals surface area contributed by atoms with Gasteiger partial charge in [0.15, 0.2) is 5.82 Å². The predicted octanol–water partition coefficient (Wildman–Crippen LogP) is 2.84. The zero-order valence-electron chi connectivity index (χ0n) is 15.2. The number of hydrogen-bond acceptors (Lipinski definition) is 4. The summed E-state index contributed by atoms with van der Waals surface area (Å²) in [7, 11) is 0. The molecule has 0 bridgehead atoms. The lowest BCUT2D eigenvalue weighted by molar-refractivity contribution is 0.0926. The summed E-state index contributed by atoms with van der Waals surface area (Å²) in [5, 5.41) is 11.6. The maximum Gasteiger partial charge on any atom is 0.253 e. The van der Waals surface area contributed by atoms with Gasteiger partial charge in [0.2, 0.25) is 0 Å². The van der Waals surface area contributed by atoms with E-state index in [2.05, 4.69) is 20.5 Å². The monoisotopic (exact) mass is 365 g/mol. The van der Waals surface area contributed by atoms with Gasteiger partial charge in [0, 0.05) is 30.3 Å². The van der Waals surface area contributed by atoms with E-state index in [9.17, 15) is 9.18 Å². The van der Waals surface area contributed by atoms with Gasteiger partial charge in [-0.3, -0.25) is 9.78 Å². The molecular weight excluding hydrogens is 345 g/mol. The molecule has 0 saturated heterocycles. The Hall–Kier alpha value is -3.09. The molecule has 1 amide bonds. The summed E-state index contributed by atoms with van der Waals surface area (Å²) in [5.41, 5.74) is 3.01. The molecule has 3 aromatic rings. The first kappa shape index (κ1) is 17.3. The SMILES string of the molecule is Cc1ccc(C(=O)N[C@@H]2CCc3nnc(-c4ccc(F)cc4)n3C2)c(C)n1. The fourth-order valence-electron chi connectivity index (χ4n) is 3.45. The Kier molecular flexibility index (Phi) is 4.43. The smallest absolute Gasteiger partial charge is 0.253 e. The number of nitrogens with zero attached hydrogens (tertiary/aromatic N) is 4. The Morgan fingerprint density at radius 3 is 2.67 bits per heavy atom. The number of carbonyl (C=O) groups is 1. The summed E-state index contributed by atoms with van der Waals surface area (Å²) in [6.45, 7) is 4.33. The fraction of sp³-hybridized carbons (Fsp3) is 0.300. The Morgan fingerprint density at radius 1 is 1.15 bits per heavy atom. The number of halogens is 1. The largest absolute Gasteiger partial charge is 0.347 e. The van der Waals surface area contributed by atoms with Crippen LogP contribution in [0, 0.1) is 19.7 Å². The number of aromatic nitrogens is 4. The summed E-state index contributed by atoms with van der Waals surface area (Å²) in [6, 6.07) is 9.82. The Morgan fingerprint density at radius 2 is 1.93 bits per heavy atom. The quantitative estimate of drug-likeness (QED) is 0.775. The summed E-state index contributed by atoms with van der Waals surface area (Å²) >= 11 is 0. The number of aryl methyl sites for hydroxylation is 3. The summed E-state index contributed by atoms with van der Waals surface area (Å²) < 4.78 is 15.2. The third-order valence-corrected chi connectivity index (χ3v) is 4.85. The number of hydrogen-bond donors (Lipinski definition) is 1. The van der Waals surface area contributed by atoms with Crippen LogP contribution in [0.3, 0.4) is 0 Å². The molecule has 0 fully saturated rings. The van der Waals surface area contributed by atoms with E-state index < -0.39 is 0 Å². The lowest BCUT2D eigenvalue weighted by Crippen LogP contribution is -2.41. The standard InChI is InChI=1S/C20H20FN5O/c1-12-3-9-17(13(2)22-12)20(27)23-16-8-10-18-24-25-19(26(18)11-16)14-4-6-15(21)7-5-14/h3-7,9,16H,8,10-11H2,1-2H3,(H,23,27)/t16-/m1/s1. The van der Waals surface area contributed by atoms with Crippen LogP contribution >= 0.6 is 0 Å². The van der Waals surface area contributed by atoms with Crippen LogP contribution in [0.2, 0.25) is 0 Å². The highest BCUT2D eigenvalue weighted by Crippen LogP contribution is 2.23. The predicted molar refractivity (Wildman–Crippen MR) is 98.7 cm³/mol. The van der Waals surface area contributed by atoms with E-state index in [1.165, 1.54) is 12.1 Å². The van der Waals surface area contributed by atoms with Crippen molar-refractivity contribution in [2.75, 3.05) is 0 Å². The second-order valence-electron chi connectivity index (χ2n) is 6.85. The summed E-state index contributed by atoms with van der Waals surface area (Å²) in [5.74, 6) is 1.17. The number of nitrogens with one attached hydrogen (secondary N) is 1. The van der Waals surface area contributed by atoms with Crippen molar-refractivity contribution < 1.29 is 9.18 Å². The third kappa shape index (κ3) is 3.45. The van der Waals surface area contributed by atoms with Gasteiger partial charge in [-0.25, -0.2) is 4.39 Å². The molecule has 4 rings (SSSR count). The van der Waals surface area contributed by atoms with Gasteiger partial charge in [0.1, 0.15) is 11.6 Å². The summed E-state index contributed by atoms with van der Waals surface area (Å²) in [6.07, 6.45) is 1.52. The molecule has 0 spiro atoms. The summed E-state index contributed by atoms with van der Waals surface area (Å²) in [4.78, 5) is 17.0. The van der Waals surface area contributed by atoms with Crippen LogP contribution in [0.15, 0.2) is 36.4 Å². The van der Waals surface area contributed by atoms with E-state index in [0.717, 1.165) is 35.6 Å².